The maximum atomic E-state index is 9.59. The second kappa shape index (κ2) is 10.6. The molecule has 2 aromatic rings. The van der Waals surface area contributed by atoms with Crippen LogP contribution in [0.5, 0.6) is 0 Å². The second-order valence-corrected chi connectivity index (χ2v) is 7.02. The zero-order valence-electron chi connectivity index (χ0n) is 15.8. The lowest BCUT2D eigenvalue weighted by Gasteiger charge is -2.29. The maximum absolute atomic E-state index is 9.59. The van der Waals surface area contributed by atoms with Crippen molar-refractivity contribution in [3.8, 4) is 0 Å². The standard InChI is InChI=1S/C21H28N4O.HI/c1-16-3-2-4-19(13-16)24-21(22)23-14-17-5-7-18(8-6-17)15-25-11-9-20(26)10-12-25;/h2-8,13,20,26H,9-12,14-15H2,1H3,(H3,22,23,24);1H. The van der Waals surface area contributed by atoms with Crippen molar-refractivity contribution in [2.45, 2.75) is 39.0 Å². The molecule has 1 saturated heterocycles. The highest BCUT2D eigenvalue weighted by atomic mass is 127. The number of rotatable bonds is 5. The summed E-state index contributed by atoms with van der Waals surface area (Å²) in [6.45, 7) is 5.48. The van der Waals surface area contributed by atoms with Crippen molar-refractivity contribution in [1.29, 1.82) is 0 Å². The summed E-state index contributed by atoms with van der Waals surface area (Å²) in [4.78, 5) is 6.81. The molecule has 1 fully saturated rings. The summed E-state index contributed by atoms with van der Waals surface area (Å²) in [5.74, 6) is 0.423. The first-order valence-electron chi connectivity index (χ1n) is 9.20. The number of aliphatic imine (C=N–C) groups is 1. The van der Waals surface area contributed by atoms with Crippen LogP contribution in [0.2, 0.25) is 0 Å². The normalized spacial score (nSPS) is 16.0. The van der Waals surface area contributed by atoms with E-state index in [-0.39, 0.29) is 30.1 Å². The average molecular weight is 480 g/mol. The molecular weight excluding hydrogens is 451 g/mol. The van der Waals surface area contributed by atoms with Gasteiger partial charge in [0, 0.05) is 25.3 Å². The third-order valence-electron chi connectivity index (χ3n) is 4.71. The number of likely N-dealkylation sites (tertiary alicyclic amines) is 1. The van der Waals surface area contributed by atoms with Gasteiger partial charge in [-0.15, -0.1) is 24.0 Å². The van der Waals surface area contributed by atoms with Crippen molar-refractivity contribution < 1.29 is 5.11 Å². The van der Waals surface area contributed by atoms with E-state index in [0.717, 1.165) is 43.7 Å². The van der Waals surface area contributed by atoms with E-state index in [1.165, 1.54) is 11.1 Å². The van der Waals surface area contributed by atoms with Crippen LogP contribution in [0.3, 0.4) is 0 Å². The summed E-state index contributed by atoms with van der Waals surface area (Å²) in [7, 11) is 0. The highest BCUT2D eigenvalue weighted by molar-refractivity contribution is 14.0. The molecule has 1 aliphatic heterocycles. The van der Waals surface area contributed by atoms with Crippen LogP contribution in [-0.4, -0.2) is 35.2 Å². The number of anilines is 1. The Morgan fingerprint density at radius 3 is 2.48 bits per heavy atom. The lowest BCUT2D eigenvalue weighted by Crippen LogP contribution is -2.35. The third kappa shape index (κ3) is 7.12. The monoisotopic (exact) mass is 480 g/mol. The Bertz CT molecular complexity index is 740. The lowest BCUT2D eigenvalue weighted by molar-refractivity contribution is 0.0792. The van der Waals surface area contributed by atoms with Crippen molar-refractivity contribution in [3.05, 3.63) is 65.2 Å². The van der Waals surface area contributed by atoms with Crippen molar-refractivity contribution in [1.82, 2.24) is 4.90 Å². The van der Waals surface area contributed by atoms with Gasteiger partial charge in [-0.2, -0.15) is 0 Å². The number of nitrogens with zero attached hydrogens (tertiary/aromatic N) is 2. The van der Waals surface area contributed by atoms with E-state index in [0.29, 0.717) is 12.5 Å². The average Bonchev–Trinajstić information content (AvgIpc) is 2.63. The Kier molecular flexibility index (Phi) is 8.53. The fraction of sp³-hybridized carbons (Fsp3) is 0.381. The molecule has 0 amide bonds. The number of piperidine rings is 1. The number of aliphatic hydroxyl groups is 1. The van der Waals surface area contributed by atoms with E-state index in [9.17, 15) is 5.11 Å². The van der Waals surface area contributed by atoms with Gasteiger partial charge in [0.15, 0.2) is 5.96 Å². The minimum atomic E-state index is -0.120. The van der Waals surface area contributed by atoms with Crippen molar-refractivity contribution in [2.24, 2.45) is 10.7 Å². The molecule has 27 heavy (non-hydrogen) atoms. The van der Waals surface area contributed by atoms with Crippen LogP contribution in [0.1, 0.15) is 29.5 Å². The quantitative estimate of drug-likeness (QED) is 0.348. The van der Waals surface area contributed by atoms with Gasteiger partial charge in [-0.3, -0.25) is 4.90 Å². The number of halogens is 1. The molecule has 0 radical (unpaired) electrons. The van der Waals surface area contributed by atoms with Gasteiger partial charge in [-0.25, -0.2) is 4.99 Å². The first-order valence-corrected chi connectivity index (χ1v) is 9.20. The van der Waals surface area contributed by atoms with E-state index in [1.807, 2.05) is 31.2 Å². The SMILES string of the molecule is Cc1cccc(NC(N)=NCc2ccc(CN3CCC(O)CC3)cc2)c1.I. The lowest BCUT2D eigenvalue weighted by atomic mass is 10.1. The van der Waals surface area contributed by atoms with Crippen LogP contribution in [0, 0.1) is 6.92 Å². The van der Waals surface area contributed by atoms with Gasteiger partial charge in [-0.1, -0.05) is 36.4 Å². The molecule has 0 aliphatic carbocycles. The first kappa shape index (κ1) is 21.7. The fourth-order valence-corrected chi connectivity index (χ4v) is 3.17. The molecule has 5 nitrogen and oxygen atoms in total. The predicted molar refractivity (Wildman–Crippen MR) is 123 cm³/mol. The smallest absolute Gasteiger partial charge is 0.193 e. The third-order valence-corrected chi connectivity index (χ3v) is 4.71. The second-order valence-electron chi connectivity index (χ2n) is 7.02. The number of benzene rings is 2. The number of nitrogens with two attached hydrogens (primary N) is 1. The molecule has 0 unspecified atom stereocenters. The van der Waals surface area contributed by atoms with Crippen molar-refractivity contribution in [2.75, 3.05) is 18.4 Å². The molecule has 0 aromatic heterocycles. The van der Waals surface area contributed by atoms with Gasteiger partial charge in [0.05, 0.1) is 12.6 Å². The van der Waals surface area contributed by atoms with Gasteiger partial charge in [0.1, 0.15) is 0 Å². The Morgan fingerprint density at radius 1 is 1.15 bits per heavy atom. The summed E-state index contributed by atoms with van der Waals surface area (Å²) in [6, 6.07) is 16.6. The summed E-state index contributed by atoms with van der Waals surface area (Å²) in [5.41, 5.74) is 10.5. The number of hydrogen-bond donors (Lipinski definition) is 3. The predicted octanol–water partition coefficient (Wildman–Crippen LogP) is 3.50. The summed E-state index contributed by atoms with van der Waals surface area (Å²) in [5, 5.41) is 12.7. The molecule has 0 saturated carbocycles. The maximum Gasteiger partial charge on any atom is 0.193 e. The molecule has 146 valence electrons. The van der Waals surface area contributed by atoms with Gasteiger partial charge >= 0.3 is 0 Å². The summed E-state index contributed by atoms with van der Waals surface area (Å²) < 4.78 is 0. The van der Waals surface area contributed by atoms with E-state index in [2.05, 4.69) is 39.5 Å². The van der Waals surface area contributed by atoms with E-state index >= 15 is 0 Å². The van der Waals surface area contributed by atoms with Gasteiger partial charge in [-0.05, 0) is 48.6 Å². The van der Waals surface area contributed by atoms with Crippen LogP contribution in [0.25, 0.3) is 0 Å². The molecule has 0 bridgehead atoms. The summed E-state index contributed by atoms with van der Waals surface area (Å²) >= 11 is 0. The Morgan fingerprint density at radius 2 is 1.81 bits per heavy atom. The molecule has 0 spiro atoms. The van der Waals surface area contributed by atoms with Crippen LogP contribution in [0.15, 0.2) is 53.5 Å². The molecule has 2 aromatic carbocycles. The van der Waals surface area contributed by atoms with E-state index < -0.39 is 0 Å². The minimum Gasteiger partial charge on any atom is -0.393 e. The molecular formula is C21H29IN4O. The summed E-state index contributed by atoms with van der Waals surface area (Å²) in [6.07, 6.45) is 1.63. The zero-order valence-corrected chi connectivity index (χ0v) is 18.1. The molecule has 1 heterocycles. The Labute approximate surface area is 178 Å². The Hall–Kier alpha value is -1.64. The highest BCUT2D eigenvalue weighted by Crippen LogP contribution is 2.15. The fourth-order valence-electron chi connectivity index (χ4n) is 3.17. The van der Waals surface area contributed by atoms with E-state index in [4.69, 9.17) is 5.73 Å². The minimum absolute atomic E-state index is 0. The van der Waals surface area contributed by atoms with Crippen LogP contribution >= 0.6 is 24.0 Å². The topological polar surface area (TPSA) is 73.9 Å². The van der Waals surface area contributed by atoms with E-state index in [1.54, 1.807) is 0 Å². The molecule has 6 heteroatoms. The number of hydrogen-bond acceptors (Lipinski definition) is 3. The number of nitrogens with one attached hydrogen (secondary N) is 1. The zero-order chi connectivity index (χ0) is 18.4. The van der Waals surface area contributed by atoms with Gasteiger partial charge in [0.2, 0.25) is 0 Å². The van der Waals surface area contributed by atoms with Crippen molar-refractivity contribution in [3.63, 3.8) is 0 Å². The van der Waals surface area contributed by atoms with Crippen LogP contribution in [-0.2, 0) is 13.1 Å². The Balaban J connectivity index is 0.00000261. The largest absolute Gasteiger partial charge is 0.393 e. The highest BCUT2D eigenvalue weighted by Gasteiger charge is 2.16. The van der Waals surface area contributed by atoms with Gasteiger partial charge in [0.25, 0.3) is 0 Å². The number of guanidine groups is 1. The molecule has 3 rings (SSSR count). The van der Waals surface area contributed by atoms with Gasteiger partial charge < -0.3 is 16.2 Å². The molecule has 4 N–H and O–H groups in total. The first-order chi connectivity index (χ1) is 12.6. The molecule has 0 atom stereocenters. The number of aryl methyl sites for hydroxylation is 1. The van der Waals surface area contributed by atoms with Crippen molar-refractivity contribution >= 4 is 35.6 Å². The van der Waals surface area contributed by atoms with Crippen LogP contribution in [0.4, 0.5) is 5.69 Å². The molecule has 1 aliphatic rings. The van der Waals surface area contributed by atoms with Crippen LogP contribution < -0.4 is 11.1 Å². The number of aliphatic hydroxyl groups excluding tert-OH is 1.